The van der Waals surface area contributed by atoms with E-state index in [4.69, 9.17) is 4.42 Å². The van der Waals surface area contributed by atoms with Gasteiger partial charge in [0.05, 0.1) is 6.04 Å². The SMILES string of the molecule is CC(NCCCN1CCCCC1)c1cc2ccccc2o1. The number of nitrogens with one attached hydrogen (secondary N) is 1. The monoisotopic (exact) mass is 286 g/mol. The molecule has 1 aliphatic rings. The van der Waals surface area contributed by atoms with Gasteiger partial charge in [-0.25, -0.2) is 0 Å². The van der Waals surface area contributed by atoms with Gasteiger partial charge in [-0.3, -0.25) is 0 Å². The van der Waals surface area contributed by atoms with E-state index in [0.29, 0.717) is 0 Å². The molecule has 3 heteroatoms. The normalized spacial score (nSPS) is 18.1. The van der Waals surface area contributed by atoms with Crippen LogP contribution < -0.4 is 5.32 Å². The van der Waals surface area contributed by atoms with Crippen LogP contribution in [0, 0.1) is 0 Å². The quantitative estimate of drug-likeness (QED) is 0.815. The van der Waals surface area contributed by atoms with Crippen molar-refractivity contribution in [3.8, 4) is 0 Å². The van der Waals surface area contributed by atoms with Gasteiger partial charge >= 0.3 is 0 Å². The first-order chi connectivity index (χ1) is 10.3. The highest BCUT2D eigenvalue weighted by atomic mass is 16.3. The maximum atomic E-state index is 5.90. The topological polar surface area (TPSA) is 28.4 Å². The van der Waals surface area contributed by atoms with Crippen molar-refractivity contribution >= 4 is 11.0 Å². The van der Waals surface area contributed by atoms with Gasteiger partial charge in [0, 0.05) is 5.39 Å². The molecule has 3 rings (SSSR count). The summed E-state index contributed by atoms with van der Waals surface area (Å²) in [6.07, 6.45) is 5.38. The zero-order valence-electron chi connectivity index (χ0n) is 13.0. The zero-order valence-corrected chi connectivity index (χ0v) is 13.0. The first-order valence-corrected chi connectivity index (χ1v) is 8.27. The third-order valence-electron chi connectivity index (χ3n) is 4.42. The molecule has 21 heavy (non-hydrogen) atoms. The molecule has 0 bridgehead atoms. The van der Waals surface area contributed by atoms with Crippen LogP contribution >= 0.6 is 0 Å². The Balaban J connectivity index is 1.44. The van der Waals surface area contributed by atoms with E-state index in [2.05, 4.69) is 35.3 Å². The largest absolute Gasteiger partial charge is 0.459 e. The fourth-order valence-electron chi connectivity index (χ4n) is 3.12. The van der Waals surface area contributed by atoms with Crippen molar-refractivity contribution in [3.63, 3.8) is 0 Å². The maximum Gasteiger partial charge on any atom is 0.134 e. The molecule has 2 aromatic rings. The summed E-state index contributed by atoms with van der Waals surface area (Å²) in [5, 5.41) is 4.77. The van der Waals surface area contributed by atoms with Crippen molar-refractivity contribution in [2.24, 2.45) is 0 Å². The van der Waals surface area contributed by atoms with E-state index in [9.17, 15) is 0 Å². The molecule has 114 valence electrons. The number of nitrogens with zero attached hydrogens (tertiary/aromatic N) is 1. The highest BCUT2D eigenvalue weighted by Gasteiger charge is 2.12. The molecule has 1 N–H and O–H groups in total. The molecule has 0 spiro atoms. The second kappa shape index (κ2) is 7.10. The van der Waals surface area contributed by atoms with Crippen LogP contribution in [0.2, 0.25) is 0 Å². The third kappa shape index (κ3) is 3.86. The van der Waals surface area contributed by atoms with Gasteiger partial charge in [0.1, 0.15) is 11.3 Å². The molecule has 1 atom stereocenters. The van der Waals surface area contributed by atoms with Crippen LogP contribution in [0.1, 0.15) is 44.4 Å². The Morgan fingerprint density at radius 1 is 1.19 bits per heavy atom. The van der Waals surface area contributed by atoms with E-state index in [1.54, 1.807) is 0 Å². The fraction of sp³-hybridized carbons (Fsp3) is 0.556. The fourth-order valence-corrected chi connectivity index (χ4v) is 3.12. The van der Waals surface area contributed by atoms with Gasteiger partial charge in [-0.15, -0.1) is 0 Å². The van der Waals surface area contributed by atoms with E-state index in [1.165, 1.54) is 50.7 Å². The summed E-state index contributed by atoms with van der Waals surface area (Å²) in [5.41, 5.74) is 0.981. The summed E-state index contributed by atoms with van der Waals surface area (Å²) in [5.74, 6) is 1.04. The molecule has 2 heterocycles. The Bertz CT molecular complexity index is 524. The molecule has 1 aromatic carbocycles. The first kappa shape index (κ1) is 14.6. The highest BCUT2D eigenvalue weighted by Crippen LogP contribution is 2.23. The van der Waals surface area contributed by atoms with Crippen molar-refractivity contribution in [2.45, 2.75) is 38.6 Å². The number of benzene rings is 1. The van der Waals surface area contributed by atoms with Crippen molar-refractivity contribution in [2.75, 3.05) is 26.2 Å². The summed E-state index contributed by atoms with van der Waals surface area (Å²) in [6, 6.07) is 10.6. The summed E-state index contributed by atoms with van der Waals surface area (Å²) in [7, 11) is 0. The number of rotatable bonds is 6. The van der Waals surface area contributed by atoms with Crippen LogP contribution in [-0.2, 0) is 0 Å². The van der Waals surface area contributed by atoms with Crippen LogP contribution in [0.25, 0.3) is 11.0 Å². The van der Waals surface area contributed by atoms with Gasteiger partial charge in [0.2, 0.25) is 0 Å². The molecule has 1 unspecified atom stereocenters. The Kier molecular flexibility index (Phi) is 4.94. The van der Waals surface area contributed by atoms with Crippen LogP contribution in [0.3, 0.4) is 0 Å². The third-order valence-corrected chi connectivity index (χ3v) is 4.42. The number of hydrogen-bond acceptors (Lipinski definition) is 3. The van der Waals surface area contributed by atoms with E-state index in [0.717, 1.165) is 17.9 Å². The lowest BCUT2D eigenvalue weighted by atomic mass is 10.1. The summed E-state index contributed by atoms with van der Waals surface area (Å²) < 4.78 is 5.90. The van der Waals surface area contributed by atoms with Crippen LogP contribution in [0.15, 0.2) is 34.7 Å². The highest BCUT2D eigenvalue weighted by molar-refractivity contribution is 5.77. The van der Waals surface area contributed by atoms with Gasteiger partial charge < -0.3 is 14.6 Å². The summed E-state index contributed by atoms with van der Waals surface area (Å²) in [6.45, 7) is 7.03. The molecule has 0 aliphatic carbocycles. The van der Waals surface area contributed by atoms with Gasteiger partial charge in [0.25, 0.3) is 0 Å². The van der Waals surface area contributed by atoms with Gasteiger partial charge in [0.15, 0.2) is 0 Å². The molecule has 0 saturated carbocycles. The van der Waals surface area contributed by atoms with E-state index < -0.39 is 0 Å². The Labute approximate surface area is 127 Å². The van der Waals surface area contributed by atoms with Gasteiger partial charge in [-0.2, -0.15) is 0 Å². The van der Waals surface area contributed by atoms with Gasteiger partial charge in [-0.05, 0) is 64.5 Å². The molecule has 3 nitrogen and oxygen atoms in total. The second-order valence-corrected chi connectivity index (χ2v) is 6.12. The van der Waals surface area contributed by atoms with E-state index in [-0.39, 0.29) is 6.04 Å². The lowest BCUT2D eigenvalue weighted by Gasteiger charge is -2.26. The Hall–Kier alpha value is -1.32. The number of piperidine rings is 1. The molecule has 1 fully saturated rings. The predicted octanol–water partition coefficient (Wildman–Crippen LogP) is 3.96. The minimum atomic E-state index is 0.277. The second-order valence-electron chi connectivity index (χ2n) is 6.12. The smallest absolute Gasteiger partial charge is 0.134 e. The number of para-hydroxylation sites is 1. The molecular weight excluding hydrogens is 260 g/mol. The maximum absolute atomic E-state index is 5.90. The molecule has 1 aliphatic heterocycles. The summed E-state index contributed by atoms with van der Waals surface area (Å²) in [4.78, 5) is 2.59. The standard InChI is InChI=1S/C18H26N2O/c1-15(18-14-16-8-3-4-9-17(16)21-18)19-10-7-13-20-11-5-2-6-12-20/h3-4,8-9,14-15,19H,2,5-7,10-13H2,1H3. The first-order valence-electron chi connectivity index (χ1n) is 8.27. The van der Waals surface area contributed by atoms with Crippen molar-refractivity contribution in [1.82, 2.24) is 10.2 Å². The lowest BCUT2D eigenvalue weighted by Crippen LogP contribution is -2.32. The number of fused-ring (bicyclic) bond motifs is 1. The van der Waals surface area contributed by atoms with Crippen LogP contribution in [-0.4, -0.2) is 31.1 Å². The molecule has 0 radical (unpaired) electrons. The molecule has 1 aromatic heterocycles. The average molecular weight is 286 g/mol. The van der Waals surface area contributed by atoms with Crippen LogP contribution in [0.5, 0.6) is 0 Å². The number of furan rings is 1. The Morgan fingerprint density at radius 2 is 2.00 bits per heavy atom. The number of hydrogen-bond donors (Lipinski definition) is 1. The summed E-state index contributed by atoms with van der Waals surface area (Å²) >= 11 is 0. The molecule has 1 saturated heterocycles. The number of likely N-dealkylation sites (tertiary alicyclic amines) is 1. The minimum Gasteiger partial charge on any atom is -0.459 e. The Morgan fingerprint density at radius 3 is 2.81 bits per heavy atom. The van der Waals surface area contributed by atoms with Crippen molar-refractivity contribution in [3.05, 3.63) is 36.1 Å². The van der Waals surface area contributed by atoms with Gasteiger partial charge in [-0.1, -0.05) is 24.6 Å². The predicted molar refractivity (Wildman–Crippen MR) is 87.5 cm³/mol. The van der Waals surface area contributed by atoms with Crippen molar-refractivity contribution in [1.29, 1.82) is 0 Å². The lowest BCUT2D eigenvalue weighted by molar-refractivity contribution is 0.224. The van der Waals surface area contributed by atoms with Crippen molar-refractivity contribution < 1.29 is 4.42 Å². The van der Waals surface area contributed by atoms with Crippen LogP contribution in [0.4, 0.5) is 0 Å². The van der Waals surface area contributed by atoms with E-state index >= 15 is 0 Å². The van der Waals surface area contributed by atoms with E-state index in [1.807, 2.05) is 12.1 Å². The molecule has 0 amide bonds. The minimum absolute atomic E-state index is 0.277. The zero-order chi connectivity index (χ0) is 14.5. The average Bonchev–Trinajstić information content (AvgIpc) is 2.96. The molecular formula is C18H26N2O.